The predicted molar refractivity (Wildman–Crippen MR) is 104 cm³/mol. The number of aromatic nitrogens is 2. The quantitative estimate of drug-likeness (QED) is 0.740. The van der Waals surface area contributed by atoms with Crippen LogP contribution in [-0.2, 0) is 0 Å². The van der Waals surface area contributed by atoms with Crippen molar-refractivity contribution < 1.29 is 4.79 Å². The number of hydrogen-bond donors (Lipinski definition) is 2. The van der Waals surface area contributed by atoms with E-state index < -0.39 is 6.03 Å². The molecule has 1 aromatic carbocycles. The zero-order valence-corrected chi connectivity index (χ0v) is 15.9. The molecule has 2 aromatic rings. The van der Waals surface area contributed by atoms with E-state index in [0.717, 1.165) is 30.9 Å². The van der Waals surface area contributed by atoms with Gasteiger partial charge < -0.3 is 10.2 Å². The predicted octanol–water partition coefficient (Wildman–Crippen LogP) is 4.97. The van der Waals surface area contributed by atoms with Gasteiger partial charge in [0.05, 0.1) is 10.0 Å². The number of anilines is 3. The second-order valence-corrected chi connectivity index (χ2v) is 6.49. The second-order valence-electron chi connectivity index (χ2n) is 5.67. The number of amides is 2. The van der Waals surface area contributed by atoms with E-state index in [1.54, 1.807) is 18.2 Å². The Morgan fingerprint density at radius 3 is 2.60 bits per heavy atom. The topological polar surface area (TPSA) is 70.2 Å². The molecule has 0 aliphatic carbocycles. The van der Waals surface area contributed by atoms with Gasteiger partial charge in [-0.3, -0.25) is 5.32 Å². The van der Waals surface area contributed by atoms with Crippen molar-refractivity contribution >= 4 is 46.7 Å². The van der Waals surface area contributed by atoms with Gasteiger partial charge in [0.1, 0.15) is 5.82 Å². The first-order chi connectivity index (χ1) is 11.9. The summed E-state index contributed by atoms with van der Waals surface area (Å²) < 4.78 is 0. The van der Waals surface area contributed by atoms with Gasteiger partial charge in [-0.15, -0.1) is 0 Å². The fourth-order valence-electron chi connectivity index (χ4n) is 2.15. The third-order valence-electron chi connectivity index (χ3n) is 3.48. The Bertz CT molecular complexity index is 754. The second kappa shape index (κ2) is 8.87. The van der Waals surface area contributed by atoms with Crippen molar-refractivity contribution in [2.75, 3.05) is 29.1 Å². The van der Waals surface area contributed by atoms with E-state index in [9.17, 15) is 4.79 Å². The highest BCUT2D eigenvalue weighted by Crippen LogP contribution is 2.25. The minimum absolute atomic E-state index is 0.246. The number of carbonyl (C=O) groups excluding carboxylic acids is 1. The molecule has 1 heterocycles. The molecule has 0 atom stereocenters. The van der Waals surface area contributed by atoms with E-state index in [4.69, 9.17) is 23.2 Å². The molecular weight excluding hydrogens is 361 g/mol. The van der Waals surface area contributed by atoms with E-state index in [2.05, 4.69) is 27.5 Å². The SMILES string of the molecule is CCCCN(C)c1cc(C)nc(NC(=O)Nc2ccc(Cl)c(Cl)c2)n1. The number of nitrogens with zero attached hydrogens (tertiary/aromatic N) is 3. The molecule has 0 saturated carbocycles. The monoisotopic (exact) mass is 381 g/mol. The summed E-state index contributed by atoms with van der Waals surface area (Å²) in [6.45, 7) is 4.89. The molecule has 0 spiro atoms. The summed E-state index contributed by atoms with van der Waals surface area (Å²) in [5, 5.41) is 6.11. The normalized spacial score (nSPS) is 10.4. The summed E-state index contributed by atoms with van der Waals surface area (Å²) in [5.74, 6) is 1.02. The third-order valence-corrected chi connectivity index (χ3v) is 4.22. The van der Waals surface area contributed by atoms with Crippen LogP contribution >= 0.6 is 23.2 Å². The van der Waals surface area contributed by atoms with Crippen LogP contribution in [0.25, 0.3) is 0 Å². The van der Waals surface area contributed by atoms with Crippen LogP contribution in [0, 0.1) is 6.92 Å². The summed E-state index contributed by atoms with van der Waals surface area (Å²) in [4.78, 5) is 22.8. The van der Waals surface area contributed by atoms with Crippen molar-refractivity contribution in [1.82, 2.24) is 9.97 Å². The molecule has 2 N–H and O–H groups in total. The zero-order chi connectivity index (χ0) is 18.4. The van der Waals surface area contributed by atoms with Crippen LogP contribution in [0.3, 0.4) is 0 Å². The Labute approximate surface area is 157 Å². The maximum absolute atomic E-state index is 12.2. The van der Waals surface area contributed by atoms with Crippen LogP contribution in [0.1, 0.15) is 25.5 Å². The highest BCUT2D eigenvalue weighted by molar-refractivity contribution is 6.42. The first kappa shape index (κ1) is 19.3. The van der Waals surface area contributed by atoms with Crippen LogP contribution in [-0.4, -0.2) is 29.6 Å². The van der Waals surface area contributed by atoms with Crippen molar-refractivity contribution in [3.05, 3.63) is 40.0 Å². The Kier molecular flexibility index (Phi) is 6.84. The molecular formula is C17H21Cl2N5O. The summed E-state index contributed by atoms with van der Waals surface area (Å²) in [6, 6.07) is 6.28. The average Bonchev–Trinajstić information content (AvgIpc) is 2.55. The molecule has 1 aromatic heterocycles. The van der Waals surface area contributed by atoms with Crippen LogP contribution < -0.4 is 15.5 Å². The van der Waals surface area contributed by atoms with Crippen LogP contribution in [0.4, 0.5) is 22.2 Å². The van der Waals surface area contributed by atoms with Crippen molar-refractivity contribution in [2.24, 2.45) is 0 Å². The molecule has 0 aliphatic heterocycles. The van der Waals surface area contributed by atoms with Crippen molar-refractivity contribution in [2.45, 2.75) is 26.7 Å². The van der Waals surface area contributed by atoms with E-state index in [1.165, 1.54) is 0 Å². The van der Waals surface area contributed by atoms with E-state index >= 15 is 0 Å². The van der Waals surface area contributed by atoms with E-state index in [1.807, 2.05) is 24.9 Å². The van der Waals surface area contributed by atoms with Crippen molar-refractivity contribution in [3.63, 3.8) is 0 Å². The van der Waals surface area contributed by atoms with Gasteiger partial charge in [-0.2, -0.15) is 4.98 Å². The number of halogens is 2. The smallest absolute Gasteiger partial charge is 0.326 e. The molecule has 2 rings (SSSR count). The maximum atomic E-state index is 12.2. The molecule has 2 amide bonds. The molecule has 0 unspecified atom stereocenters. The Hall–Kier alpha value is -2.05. The molecule has 0 bridgehead atoms. The fourth-order valence-corrected chi connectivity index (χ4v) is 2.45. The maximum Gasteiger partial charge on any atom is 0.326 e. The van der Waals surface area contributed by atoms with Crippen LogP contribution in [0.2, 0.25) is 10.0 Å². The Morgan fingerprint density at radius 1 is 1.16 bits per heavy atom. The summed E-state index contributed by atoms with van der Waals surface area (Å²) in [6.07, 6.45) is 2.17. The lowest BCUT2D eigenvalue weighted by Gasteiger charge is -2.18. The largest absolute Gasteiger partial charge is 0.360 e. The molecule has 0 aliphatic rings. The lowest BCUT2D eigenvalue weighted by atomic mass is 10.3. The minimum Gasteiger partial charge on any atom is -0.360 e. The van der Waals surface area contributed by atoms with Gasteiger partial charge >= 0.3 is 6.03 Å². The number of urea groups is 1. The Morgan fingerprint density at radius 2 is 1.92 bits per heavy atom. The highest BCUT2D eigenvalue weighted by atomic mass is 35.5. The van der Waals surface area contributed by atoms with Gasteiger partial charge in [0.2, 0.25) is 5.95 Å². The minimum atomic E-state index is -0.453. The number of aryl methyl sites for hydroxylation is 1. The molecule has 8 heteroatoms. The van der Waals surface area contributed by atoms with Gasteiger partial charge in [0.25, 0.3) is 0 Å². The van der Waals surface area contributed by atoms with E-state index in [-0.39, 0.29) is 5.95 Å². The summed E-state index contributed by atoms with van der Waals surface area (Å²) in [5.41, 5.74) is 1.30. The van der Waals surface area contributed by atoms with Crippen molar-refractivity contribution in [1.29, 1.82) is 0 Å². The van der Waals surface area contributed by atoms with E-state index in [0.29, 0.717) is 15.7 Å². The molecule has 0 radical (unpaired) electrons. The standard InChI is InChI=1S/C17H21Cl2N5O/c1-4-5-8-24(3)15-9-11(2)20-16(22-15)23-17(25)21-12-6-7-13(18)14(19)10-12/h6-7,9-10H,4-5,8H2,1-3H3,(H2,20,21,22,23,25). The number of carbonyl (C=O) groups is 1. The van der Waals surface area contributed by atoms with Crippen LogP contribution in [0.5, 0.6) is 0 Å². The lowest BCUT2D eigenvalue weighted by molar-refractivity contribution is 0.262. The molecule has 25 heavy (non-hydrogen) atoms. The van der Waals surface area contributed by atoms with Crippen LogP contribution in [0.15, 0.2) is 24.3 Å². The number of nitrogens with one attached hydrogen (secondary N) is 2. The lowest BCUT2D eigenvalue weighted by Crippen LogP contribution is -2.23. The third kappa shape index (κ3) is 5.76. The Balaban J connectivity index is 2.06. The molecule has 0 saturated heterocycles. The molecule has 6 nitrogen and oxygen atoms in total. The average molecular weight is 382 g/mol. The number of rotatable bonds is 6. The summed E-state index contributed by atoms with van der Waals surface area (Å²) >= 11 is 11.8. The van der Waals surface area contributed by atoms with Gasteiger partial charge in [0.15, 0.2) is 0 Å². The molecule has 134 valence electrons. The first-order valence-electron chi connectivity index (χ1n) is 7.99. The van der Waals surface area contributed by atoms with Crippen molar-refractivity contribution in [3.8, 4) is 0 Å². The number of hydrogen-bond acceptors (Lipinski definition) is 4. The summed E-state index contributed by atoms with van der Waals surface area (Å²) in [7, 11) is 1.97. The number of benzene rings is 1. The van der Waals surface area contributed by atoms with Gasteiger partial charge in [-0.05, 0) is 31.5 Å². The zero-order valence-electron chi connectivity index (χ0n) is 14.4. The fraction of sp³-hybridized carbons (Fsp3) is 0.353. The first-order valence-corrected chi connectivity index (χ1v) is 8.74. The van der Waals surface area contributed by atoms with Gasteiger partial charge in [-0.25, -0.2) is 9.78 Å². The van der Waals surface area contributed by atoms with Gasteiger partial charge in [0, 0.05) is 31.0 Å². The van der Waals surface area contributed by atoms with Gasteiger partial charge in [-0.1, -0.05) is 36.5 Å². The highest BCUT2D eigenvalue weighted by Gasteiger charge is 2.10. The number of unbranched alkanes of at least 4 members (excludes halogenated alkanes) is 1. The molecule has 0 fully saturated rings.